The maximum atomic E-state index is 14.0. The third-order valence-electron chi connectivity index (χ3n) is 6.46. The van der Waals surface area contributed by atoms with E-state index in [0.717, 1.165) is 34.9 Å². The summed E-state index contributed by atoms with van der Waals surface area (Å²) in [5.74, 6) is -1.47. The van der Waals surface area contributed by atoms with Crippen molar-refractivity contribution >= 4 is 11.5 Å². The lowest BCUT2D eigenvalue weighted by molar-refractivity contribution is -0.000686. The lowest BCUT2D eigenvalue weighted by Crippen LogP contribution is -2.34. The van der Waals surface area contributed by atoms with Crippen molar-refractivity contribution in [2.75, 3.05) is 5.32 Å². The highest BCUT2D eigenvalue weighted by Gasteiger charge is 2.43. The molecule has 32 heavy (non-hydrogen) atoms. The van der Waals surface area contributed by atoms with Crippen LogP contribution in [0.15, 0.2) is 55.1 Å². The molecule has 1 N–H and O–H groups in total. The van der Waals surface area contributed by atoms with Crippen LogP contribution in [0.1, 0.15) is 32.1 Å². The first-order valence-electron chi connectivity index (χ1n) is 11.2. The Bertz CT molecular complexity index is 1270. The van der Waals surface area contributed by atoms with E-state index >= 15 is 0 Å². The molecule has 2 aliphatic rings. The average Bonchev–Trinajstić information content (AvgIpc) is 3.16. The maximum Gasteiger partial charge on any atom is 0.267 e. The molecule has 2 aliphatic carbocycles. The van der Waals surface area contributed by atoms with Gasteiger partial charge in [0.05, 0.1) is 29.8 Å². The molecular formula is C24H24F2N6. The molecule has 8 heteroatoms. The molecule has 1 unspecified atom stereocenters. The van der Waals surface area contributed by atoms with Gasteiger partial charge in [0.1, 0.15) is 11.5 Å². The SMILES string of the molecule is FC1(F)CCCC1Nc1cccc(-c2cnc3ccc(-c4cnn(CC5CC5)c4)cn23)n1. The minimum absolute atomic E-state index is 0.0718. The molecule has 1 atom stereocenters. The molecule has 0 aliphatic heterocycles. The van der Waals surface area contributed by atoms with Gasteiger partial charge in [0, 0.05) is 36.5 Å². The van der Waals surface area contributed by atoms with Gasteiger partial charge in [-0.3, -0.25) is 9.08 Å². The molecule has 164 valence electrons. The first kappa shape index (κ1) is 19.4. The highest BCUT2D eigenvalue weighted by Crippen LogP contribution is 2.37. The largest absolute Gasteiger partial charge is 0.361 e. The van der Waals surface area contributed by atoms with Crippen LogP contribution >= 0.6 is 0 Å². The van der Waals surface area contributed by atoms with Crippen LogP contribution in [0.2, 0.25) is 0 Å². The molecular weight excluding hydrogens is 410 g/mol. The molecule has 0 spiro atoms. The van der Waals surface area contributed by atoms with Gasteiger partial charge < -0.3 is 5.32 Å². The van der Waals surface area contributed by atoms with E-state index in [1.54, 1.807) is 12.3 Å². The number of alkyl halides is 2. The Morgan fingerprint density at radius 1 is 1.03 bits per heavy atom. The first-order valence-corrected chi connectivity index (χ1v) is 11.2. The van der Waals surface area contributed by atoms with Gasteiger partial charge in [-0.25, -0.2) is 18.7 Å². The summed E-state index contributed by atoms with van der Waals surface area (Å²) >= 11 is 0. The Hall–Kier alpha value is -3.29. The molecule has 4 aromatic heterocycles. The zero-order valence-corrected chi connectivity index (χ0v) is 17.6. The van der Waals surface area contributed by atoms with Crippen molar-refractivity contribution in [3.05, 3.63) is 55.1 Å². The van der Waals surface area contributed by atoms with Crippen LogP contribution < -0.4 is 5.32 Å². The van der Waals surface area contributed by atoms with Crippen molar-refractivity contribution in [2.24, 2.45) is 5.92 Å². The van der Waals surface area contributed by atoms with E-state index < -0.39 is 12.0 Å². The molecule has 0 aromatic carbocycles. The summed E-state index contributed by atoms with van der Waals surface area (Å²) in [4.78, 5) is 9.12. The zero-order chi connectivity index (χ0) is 21.7. The van der Waals surface area contributed by atoms with E-state index in [4.69, 9.17) is 0 Å². The smallest absolute Gasteiger partial charge is 0.267 e. The van der Waals surface area contributed by atoms with Crippen LogP contribution in [0.25, 0.3) is 28.2 Å². The summed E-state index contributed by atoms with van der Waals surface area (Å²) in [6.45, 7) is 0.975. The van der Waals surface area contributed by atoms with Gasteiger partial charge in [0.2, 0.25) is 0 Å². The maximum absolute atomic E-state index is 14.0. The molecule has 0 bridgehead atoms. The van der Waals surface area contributed by atoms with Gasteiger partial charge in [-0.15, -0.1) is 0 Å². The van der Waals surface area contributed by atoms with Crippen molar-refractivity contribution in [3.63, 3.8) is 0 Å². The van der Waals surface area contributed by atoms with Crippen LogP contribution in [-0.2, 0) is 6.54 Å². The van der Waals surface area contributed by atoms with E-state index in [9.17, 15) is 8.78 Å². The standard InChI is InChI=1S/C24H24F2N6/c25-24(26)10-2-4-21(24)30-22-5-1-3-19(29-22)20-12-27-23-9-8-17(15-32(20)23)18-11-28-31(14-18)13-16-6-7-16/h1,3,5,8-9,11-12,14-16,21H,2,4,6-7,10,13H2,(H,29,30). The quantitative estimate of drug-likeness (QED) is 0.449. The predicted molar refractivity (Wildman–Crippen MR) is 119 cm³/mol. The average molecular weight is 434 g/mol. The minimum atomic E-state index is -2.69. The summed E-state index contributed by atoms with van der Waals surface area (Å²) in [6, 6.07) is 8.59. The molecule has 6 nitrogen and oxygen atoms in total. The van der Waals surface area contributed by atoms with Gasteiger partial charge >= 0.3 is 0 Å². The Balaban J connectivity index is 1.31. The molecule has 4 heterocycles. The van der Waals surface area contributed by atoms with Gasteiger partial charge in [0.25, 0.3) is 5.92 Å². The summed E-state index contributed by atoms with van der Waals surface area (Å²) in [6.07, 6.45) is 11.3. The summed E-state index contributed by atoms with van der Waals surface area (Å²) < 4.78 is 32.1. The van der Waals surface area contributed by atoms with Crippen molar-refractivity contribution in [1.29, 1.82) is 0 Å². The summed E-state index contributed by atoms with van der Waals surface area (Å²) in [5.41, 5.74) is 4.40. The fourth-order valence-corrected chi connectivity index (χ4v) is 4.46. The van der Waals surface area contributed by atoms with Crippen LogP contribution in [0.4, 0.5) is 14.6 Å². The second-order valence-corrected chi connectivity index (χ2v) is 8.94. The topological polar surface area (TPSA) is 60.0 Å². The molecule has 4 aromatic rings. The van der Waals surface area contributed by atoms with Gasteiger partial charge in [-0.05, 0) is 55.9 Å². The Kier molecular flexibility index (Phi) is 4.48. The minimum Gasteiger partial charge on any atom is -0.361 e. The number of hydrogen-bond donors (Lipinski definition) is 1. The van der Waals surface area contributed by atoms with Crippen molar-refractivity contribution in [2.45, 2.75) is 50.6 Å². The zero-order valence-electron chi connectivity index (χ0n) is 17.6. The number of fused-ring (bicyclic) bond motifs is 1. The number of aromatic nitrogens is 5. The van der Waals surface area contributed by atoms with Crippen molar-refractivity contribution in [3.8, 4) is 22.5 Å². The fourth-order valence-electron chi connectivity index (χ4n) is 4.46. The van der Waals surface area contributed by atoms with Crippen LogP contribution in [0, 0.1) is 5.92 Å². The van der Waals surface area contributed by atoms with Crippen LogP contribution in [0.5, 0.6) is 0 Å². The lowest BCUT2D eigenvalue weighted by atomic mass is 10.1. The number of halogens is 2. The molecule has 2 fully saturated rings. The number of nitrogens with zero attached hydrogens (tertiary/aromatic N) is 5. The van der Waals surface area contributed by atoms with Crippen LogP contribution in [-0.4, -0.2) is 36.1 Å². The monoisotopic (exact) mass is 434 g/mol. The van der Waals surface area contributed by atoms with E-state index in [0.29, 0.717) is 24.4 Å². The molecule has 0 amide bonds. The highest BCUT2D eigenvalue weighted by atomic mass is 19.3. The van der Waals surface area contributed by atoms with E-state index in [1.165, 1.54) is 12.8 Å². The lowest BCUT2D eigenvalue weighted by Gasteiger charge is -2.21. The second kappa shape index (κ2) is 7.39. The Morgan fingerprint density at radius 3 is 2.75 bits per heavy atom. The van der Waals surface area contributed by atoms with Crippen molar-refractivity contribution < 1.29 is 8.78 Å². The van der Waals surface area contributed by atoms with E-state index in [1.807, 2.05) is 45.7 Å². The van der Waals surface area contributed by atoms with Gasteiger partial charge in [-0.2, -0.15) is 5.10 Å². The molecule has 6 rings (SSSR count). The third kappa shape index (κ3) is 3.63. The summed E-state index contributed by atoms with van der Waals surface area (Å²) in [5, 5.41) is 7.44. The van der Waals surface area contributed by atoms with E-state index in [-0.39, 0.29) is 6.42 Å². The highest BCUT2D eigenvalue weighted by molar-refractivity contribution is 5.67. The second-order valence-electron chi connectivity index (χ2n) is 8.94. The number of nitrogens with one attached hydrogen (secondary N) is 1. The Morgan fingerprint density at radius 2 is 1.94 bits per heavy atom. The molecule has 0 saturated heterocycles. The number of pyridine rings is 2. The number of rotatable bonds is 6. The first-order chi connectivity index (χ1) is 15.5. The van der Waals surface area contributed by atoms with Crippen LogP contribution in [0.3, 0.4) is 0 Å². The van der Waals surface area contributed by atoms with Gasteiger partial charge in [0.15, 0.2) is 0 Å². The number of imidazole rings is 1. The number of hydrogen-bond acceptors (Lipinski definition) is 4. The van der Waals surface area contributed by atoms with Gasteiger partial charge in [-0.1, -0.05) is 6.07 Å². The molecule has 0 radical (unpaired) electrons. The number of anilines is 1. The predicted octanol–water partition coefficient (Wildman–Crippen LogP) is 5.27. The molecule has 2 saturated carbocycles. The normalized spacial score (nSPS) is 20.1. The van der Waals surface area contributed by atoms with Crippen molar-refractivity contribution in [1.82, 2.24) is 24.1 Å². The van der Waals surface area contributed by atoms with E-state index in [2.05, 4.69) is 26.6 Å². The Labute approximate surface area is 184 Å². The fraction of sp³-hybridized carbons (Fsp3) is 0.375. The third-order valence-corrected chi connectivity index (χ3v) is 6.46. The summed E-state index contributed by atoms with van der Waals surface area (Å²) in [7, 11) is 0.